The number of thioether (sulfide) groups is 1. The number of nitrogens with one attached hydrogen (secondary N) is 1. The molecule has 1 aliphatic rings. The third-order valence-electron chi connectivity index (χ3n) is 3.37. The molecule has 0 radical (unpaired) electrons. The number of urea groups is 1. The molecule has 17 heavy (non-hydrogen) atoms. The fourth-order valence-electron chi connectivity index (χ4n) is 2.24. The first-order chi connectivity index (χ1) is 8.25. The van der Waals surface area contributed by atoms with E-state index >= 15 is 0 Å². The van der Waals surface area contributed by atoms with Crippen molar-refractivity contribution in [3.05, 3.63) is 0 Å². The Balaban J connectivity index is 2.07. The molecule has 0 bridgehead atoms. The van der Waals surface area contributed by atoms with Crippen molar-refractivity contribution < 1.29 is 4.79 Å². The lowest BCUT2D eigenvalue weighted by Gasteiger charge is -2.33. The Bertz CT molecular complexity index is 223. The number of hydrogen-bond donors (Lipinski definition) is 1. The largest absolute Gasteiger partial charge is 0.338 e. The molecule has 1 unspecified atom stereocenters. The van der Waals surface area contributed by atoms with Crippen LogP contribution in [-0.2, 0) is 0 Å². The smallest absolute Gasteiger partial charge is 0.317 e. The lowest BCUT2D eigenvalue weighted by molar-refractivity contribution is 0.158. The maximum Gasteiger partial charge on any atom is 0.317 e. The summed E-state index contributed by atoms with van der Waals surface area (Å²) in [7, 11) is 0. The van der Waals surface area contributed by atoms with Crippen molar-refractivity contribution in [3.63, 3.8) is 0 Å². The summed E-state index contributed by atoms with van der Waals surface area (Å²) >= 11 is 1.89. The van der Waals surface area contributed by atoms with E-state index in [0.717, 1.165) is 32.4 Å². The van der Waals surface area contributed by atoms with Gasteiger partial charge in [0.05, 0.1) is 0 Å². The molecule has 2 amide bonds. The Morgan fingerprint density at radius 3 is 2.88 bits per heavy atom. The molecule has 1 saturated heterocycles. The monoisotopic (exact) mass is 258 g/mol. The fraction of sp³-hybridized carbons (Fsp3) is 0.923. The van der Waals surface area contributed by atoms with Crippen molar-refractivity contribution in [3.8, 4) is 0 Å². The van der Waals surface area contributed by atoms with E-state index in [1.165, 1.54) is 25.0 Å². The second kappa shape index (κ2) is 8.67. The van der Waals surface area contributed by atoms with E-state index in [9.17, 15) is 4.79 Å². The predicted molar refractivity (Wildman–Crippen MR) is 75.7 cm³/mol. The molecule has 0 aromatic heterocycles. The first kappa shape index (κ1) is 14.7. The van der Waals surface area contributed by atoms with Gasteiger partial charge in [-0.25, -0.2) is 4.79 Å². The van der Waals surface area contributed by atoms with E-state index in [0.29, 0.717) is 6.04 Å². The van der Waals surface area contributed by atoms with E-state index in [1.54, 1.807) is 0 Å². The summed E-state index contributed by atoms with van der Waals surface area (Å²) in [4.78, 5) is 13.9. The SMILES string of the molecule is CSCCCCCNC(=O)N1CCCCC1C. The maximum atomic E-state index is 11.9. The molecular formula is C13H26N2OS. The molecule has 4 heteroatoms. The van der Waals surface area contributed by atoms with Gasteiger partial charge in [0.2, 0.25) is 0 Å². The molecular weight excluding hydrogens is 232 g/mol. The number of amides is 2. The molecule has 1 aliphatic heterocycles. The van der Waals surface area contributed by atoms with Crippen LogP contribution in [0.2, 0.25) is 0 Å². The van der Waals surface area contributed by atoms with Crippen molar-refractivity contribution in [2.45, 2.75) is 51.5 Å². The van der Waals surface area contributed by atoms with E-state index in [-0.39, 0.29) is 6.03 Å². The molecule has 0 saturated carbocycles. The van der Waals surface area contributed by atoms with Crippen LogP contribution in [0.4, 0.5) is 4.79 Å². The standard InChI is InChI=1S/C13H26N2OS/c1-12-8-4-6-10-15(12)13(16)14-9-5-3-7-11-17-2/h12H,3-11H2,1-2H3,(H,14,16). The molecule has 0 aliphatic carbocycles. The number of unbranched alkanes of at least 4 members (excludes halogenated alkanes) is 2. The number of rotatable bonds is 6. The molecule has 3 nitrogen and oxygen atoms in total. The Morgan fingerprint density at radius 1 is 1.35 bits per heavy atom. The molecule has 0 aromatic rings. The van der Waals surface area contributed by atoms with Crippen LogP contribution in [-0.4, -0.2) is 42.1 Å². The number of carbonyl (C=O) groups is 1. The Labute approximate surface area is 110 Å². The van der Waals surface area contributed by atoms with Crippen LogP contribution in [0.15, 0.2) is 0 Å². The number of carbonyl (C=O) groups excluding carboxylic acids is 1. The summed E-state index contributed by atoms with van der Waals surface area (Å²) in [6, 6.07) is 0.558. The first-order valence-electron chi connectivity index (χ1n) is 6.79. The van der Waals surface area contributed by atoms with Crippen molar-refractivity contribution in [1.29, 1.82) is 0 Å². The van der Waals surface area contributed by atoms with E-state index in [1.807, 2.05) is 16.7 Å². The summed E-state index contributed by atoms with van der Waals surface area (Å²) in [6.07, 6.45) is 9.30. The second-order valence-electron chi connectivity index (χ2n) is 4.82. The lowest BCUT2D eigenvalue weighted by atomic mass is 10.0. The fourth-order valence-corrected chi connectivity index (χ4v) is 2.74. The number of hydrogen-bond acceptors (Lipinski definition) is 2. The molecule has 1 heterocycles. The van der Waals surface area contributed by atoms with Gasteiger partial charge in [-0.05, 0) is 51.0 Å². The summed E-state index contributed by atoms with van der Waals surface area (Å²) < 4.78 is 0. The Kier molecular flexibility index (Phi) is 7.49. The van der Waals surface area contributed by atoms with Gasteiger partial charge in [0.15, 0.2) is 0 Å². The Hall–Kier alpha value is -0.380. The number of likely N-dealkylation sites (tertiary alicyclic amines) is 1. The minimum absolute atomic E-state index is 0.141. The summed E-state index contributed by atoms with van der Waals surface area (Å²) in [6.45, 7) is 3.91. The van der Waals surface area contributed by atoms with Crippen LogP contribution in [0.25, 0.3) is 0 Å². The maximum absolute atomic E-state index is 11.9. The third kappa shape index (κ3) is 5.66. The minimum atomic E-state index is 0.141. The van der Waals surface area contributed by atoms with Crippen LogP contribution >= 0.6 is 11.8 Å². The van der Waals surface area contributed by atoms with E-state index in [2.05, 4.69) is 18.5 Å². The zero-order valence-corrected chi connectivity index (χ0v) is 12.0. The molecule has 1 N–H and O–H groups in total. The van der Waals surface area contributed by atoms with Gasteiger partial charge in [0.25, 0.3) is 0 Å². The van der Waals surface area contributed by atoms with Crippen LogP contribution in [0.3, 0.4) is 0 Å². The zero-order chi connectivity index (χ0) is 12.5. The van der Waals surface area contributed by atoms with Gasteiger partial charge in [-0.2, -0.15) is 11.8 Å². The highest BCUT2D eigenvalue weighted by atomic mass is 32.2. The quantitative estimate of drug-likeness (QED) is 0.743. The van der Waals surface area contributed by atoms with Gasteiger partial charge in [-0.15, -0.1) is 0 Å². The summed E-state index contributed by atoms with van der Waals surface area (Å²) in [5, 5.41) is 3.04. The molecule has 1 fully saturated rings. The number of piperidine rings is 1. The van der Waals surface area contributed by atoms with Gasteiger partial charge >= 0.3 is 6.03 Å². The van der Waals surface area contributed by atoms with E-state index < -0.39 is 0 Å². The van der Waals surface area contributed by atoms with Crippen LogP contribution in [0, 0.1) is 0 Å². The highest BCUT2D eigenvalue weighted by molar-refractivity contribution is 7.98. The van der Waals surface area contributed by atoms with Crippen molar-refractivity contribution in [2.75, 3.05) is 25.1 Å². The molecule has 0 aromatic carbocycles. The predicted octanol–water partition coefficient (Wildman–Crippen LogP) is 3.10. The average Bonchev–Trinajstić information content (AvgIpc) is 2.34. The number of nitrogens with zero attached hydrogens (tertiary/aromatic N) is 1. The molecule has 1 rings (SSSR count). The Morgan fingerprint density at radius 2 is 2.18 bits per heavy atom. The van der Waals surface area contributed by atoms with Crippen LogP contribution in [0.5, 0.6) is 0 Å². The normalized spacial score (nSPS) is 20.4. The van der Waals surface area contributed by atoms with Gasteiger partial charge < -0.3 is 10.2 Å². The topological polar surface area (TPSA) is 32.3 Å². The van der Waals surface area contributed by atoms with Crippen molar-refractivity contribution in [2.24, 2.45) is 0 Å². The van der Waals surface area contributed by atoms with Crippen LogP contribution in [0.1, 0.15) is 45.4 Å². The van der Waals surface area contributed by atoms with E-state index in [4.69, 9.17) is 0 Å². The van der Waals surface area contributed by atoms with Crippen molar-refractivity contribution in [1.82, 2.24) is 10.2 Å². The summed E-state index contributed by atoms with van der Waals surface area (Å²) in [5.41, 5.74) is 0. The zero-order valence-electron chi connectivity index (χ0n) is 11.2. The van der Waals surface area contributed by atoms with Gasteiger partial charge in [0.1, 0.15) is 0 Å². The molecule has 0 spiro atoms. The second-order valence-corrected chi connectivity index (χ2v) is 5.81. The highest BCUT2D eigenvalue weighted by Gasteiger charge is 2.22. The molecule has 100 valence electrons. The van der Waals surface area contributed by atoms with Gasteiger partial charge in [-0.1, -0.05) is 6.42 Å². The first-order valence-corrected chi connectivity index (χ1v) is 8.18. The summed E-state index contributed by atoms with van der Waals surface area (Å²) in [5.74, 6) is 1.23. The average molecular weight is 258 g/mol. The van der Waals surface area contributed by atoms with Gasteiger partial charge in [-0.3, -0.25) is 0 Å². The lowest BCUT2D eigenvalue weighted by Crippen LogP contribution is -2.47. The van der Waals surface area contributed by atoms with Crippen LogP contribution < -0.4 is 5.32 Å². The third-order valence-corrected chi connectivity index (χ3v) is 4.06. The highest BCUT2D eigenvalue weighted by Crippen LogP contribution is 2.16. The molecule has 1 atom stereocenters. The van der Waals surface area contributed by atoms with Crippen molar-refractivity contribution >= 4 is 17.8 Å². The minimum Gasteiger partial charge on any atom is -0.338 e. The van der Waals surface area contributed by atoms with Gasteiger partial charge in [0, 0.05) is 19.1 Å².